The number of aromatic amines is 1. The molecule has 0 aliphatic rings. The summed E-state index contributed by atoms with van der Waals surface area (Å²) in [6.07, 6.45) is 5.48. The number of amides is 2. The highest BCUT2D eigenvalue weighted by atomic mass is 16.2. The van der Waals surface area contributed by atoms with Gasteiger partial charge in [-0.3, -0.25) is 10.1 Å². The Hall–Kier alpha value is -3.22. The van der Waals surface area contributed by atoms with Crippen molar-refractivity contribution in [2.45, 2.75) is 33.2 Å². The Balaban J connectivity index is 1.67. The van der Waals surface area contributed by atoms with Crippen LogP contribution in [0.5, 0.6) is 0 Å². The Morgan fingerprint density at radius 1 is 1.15 bits per heavy atom. The number of benzene rings is 1. The molecule has 2 N–H and O–H groups in total. The van der Waals surface area contributed by atoms with E-state index in [1.54, 1.807) is 12.4 Å². The molecule has 7 heteroatoms. The van der Waals surface area contributed by atoms with Crippen LogP contribution < -0.4 is 5.32 Å². The number of urea groups is 1. The molecule has 2 heterocycles. The number of carbonyl (C=O) groups excluding carboxylic acids is 1. The molecule has 7 nitrogen and oxygen atoms in total. The molecule has 3 aromatic rings. The first-order valence-electron chi connectivity index (χ1n) is 9.10. The van der Waals surface area contributed by atoms with E-state index in [1.165, 1.54) is 0 Å². The Labute approximate surface area is 158 Å². The number of anilines is 1. The van der Waals surface area contributed by atoms with Crippen molar-refractivity contribution in [1.82, 2.24) is 25.1 Å². The smallest absolute Gasteiger partial charge is 0.320 e. The first-order chi connectivity index (χ1) is 13.2. The monoisotopic (exact) mass is 364 g/mol. The molecule has 2 amide bonds. The number of rotatable bonds is 7. The quantitative estimate of drug-likeness (QED) is 0.663. The number of unbranched alkanes of at least 4 members (excludes halogenated alkanes) is 1. The number of hydrogen-bond donors (Lipinski definition) is 2. The minimum absolute atomic E-state index is 0.109. The summed E-state index contributed by atoms with van der Waals surface area (Å²) in [6.45, 7) is 5.24. The van der Waals surface area contributed by atoms with E-state index in [1.807, 2.05) is 48.2 Å². The number of H-pyrrole nitrogens is 1. The molecule has 3 rings (SSSR count). The third-order valence-electron chi connectivity index (χ3n) is 4.18. The molecular formula is C20H24N6O. The zero-order valence-corrected chi connectivity index (χ0v) is 15.6. The van der Waals surface area contributed by atoms with Gasteiger partial charge in [0.25, 0.3) is 0 Å². The molecule has 0 aliphatic carbocycles. The second-order valence-electron chi connectivity index (χ2n) is 6.38. The highest BCUT2D eigenvalue weighted by Gasteiger charge is 2.14. The van der Waals surface area contributed by atoms with Crippen LogP contribution in [-0.4, -0.2) is 37.6 Å². The average Bonchev–Trinajstić information content (AvgIpc) is 3.13. The fourth-order valence-corrected chi connectivity index (χ4v) is 2.69. The zero-order chi connectivity index (χ0) is 19.1. The third kappa shape index (κ3) is 5.13. The van der Waals surface area contributed by atoms with Crippen LogP contribution in [0.3, 0.4) is 0 Å². The van der Waals surface area contributed by atoms with Crippen molar-refractivity contribution in [2.75, 3.05) is 11.9 Å². The maximum Gasteiger partial charge on any atom is 0.322 e. The number of carbonyl (C=O) groups is 1. The molecule has 0 saturated heterocycles. The summed E-state index contributed by atoms with van der Waals surface area (Å²) in [5.74, 6) is 1.41. The Morgan fingerprint density at radius 2 is 1.89 bits per heavy atom. The zero-order valence-electron chi connectivity index (χ0n) is 15.6. The van der Waals surface area contributed by atoms with Crippen LogP contribution in [0.15, 0.2) is 48.8 Å². The van der Waals surface area contributed by atoms with Gasteiger partial charge in [0.15, 0.2) is 5.82 Å². The van der Waals surface area contributed by atoms with E-state index in [4.69, 9.17) is 0 Å². The van der Waals surface area contributed by atoms with Crippen LogP contribution in [0.1, 0.15) is 31.2 Å². The lowest BCUT2D eigenvalue weighted by Crippen LogP contribution is -2.35. The van der Waals surface area contributed by atoms with Crippen molar-refractivity contribution in [1.29, 1.82) is 0 Å². The number of nitrogens with zero attached hydrogens (tertiary/aromatic N) is 4. The second kappa shape index (κ2) is 8.93. The number of aromatic nitrogens is 4. The largest absolute Gasteiger partial charge is 0.322 e. The van der Waals surface area contributed by atoms with Gasteiger partial charge in [-0.1, -0.05) is 13.3 Å². The number of aryl methyl sites for hydroxylation is 1. The lowest BCUT2D eigenvalue weighted by Gasteiger charge is -2.23. The van der Waals surface area contributed by atoms with E-state index in [0.717, 1.165) is 35.5 Å². The summed E-state index contributed by atoms with van der Waals surface area (Å²) < 4.78 is 0. The van der Waals surface area contributed by atoms with Crippen molar-refractivity contribution in [3.63, 3.8) is 0 Å². The van der Waals surface area contributed by atoms with Gasteiger partial charge in [-0.05, 0) is 55.3 Å². The molecule has 1 aromatic carbocycles. The number of hydrogen-bond acceptors (Lipinski definition) is 4. The van der Waals surface area contributed by atoms with Crippen LogP contribution in [0.4, 0.5) is 10.5 Å². The number of nitrogens with one attached hydrogen (secondary N) is 2. The summed E-state index contributed by atoms with van der Waals surface area (Å²) >= 11 is 0. The third-order valence-corrected chi connectivity index (χ3v) is 4.18. The number of pyridine rings is 1. The molecular weight excluding hydrogens is 340 g/mol. The lowest BCUT2D eigenvalue weighted by molar-refractivity contribution is 0.208. The summed E-state index contributed by atoms with van der Waals surface area (Å²) in [6, 6.07) is 11.3. The molecule has 0 saturated carbocycles. The van der Waals surface area contributed by atoms with Crippen LogP contribution in [0.25, 0.3) is 11.4 Å². The van der Waals surface area contributed by atoms with E-state index in [-0.39, 0.29) is 6.03 Å². The molecule has 0 fully saturated rings. The van der Waals surface area contributed by atoms with E-state index in [2.05, 4.69) is 32.4 Å². The van der Waals surface area contributed by atoms with Gasteiger partial charge in [0, 0.05) is 36.7 Å². The van der Waals surface area contributed by atoms with Crippen molar-refractivity contribution in [3.8, 4) is 11.4 Å². The van der Waals surface area contributed by atoms with Gasteiger partial charge in [0.1, 0.15) is 5.82 Å². The average molecular weight is 364 g/mol. The normalized spacial score (nSPS) is 10.6. The van der Waals surface area contributed by atoms with E-state index in [0.29, 0.717) is 18.9 Å². The van der Waals surface area contributed by atoms with Crippen LogP contribution in [0.2, 0.25) is 0 Å². The first kappa shape index (κ1) is 18.6. The maximum atomic E-state index is 12.8. The van der Waals surface area contributed by atoms with E-state index >= 15 is 0 Å². The standard InChI is InChI=1S/C20H24N6O/c1-3-4-13-26(14-16-9-11-21-12-10-16)20(27)23-18-7-5-17(6-8-18)19-22-15(2)24-25-19/h5-12H,3-4,13-14H2,1-2H3,(H,23,27)(H,22,24,25). The Morgan fingerprint density at radius 3 is 2.52 bits per heavy atom. The topological polar surface area (TPSA) is 86.8 Å². The molecule has 140 valence electrons. The Bertz CT molecular complexity index is 860. The van der Waals surface area contributed by atoms with Gasteiger partial charge in [0.05, 0.1) is 0 Å². The minimum atomic E-state index is -0.109. The van der Waals surface area contributed by atoms with Crippen molar-refractivity contribution in [2.24, 2.45) is 0 Å². The van der Waals surface area contributed by atoms with Crippen LogP contribution in [-0.2, 0) is 6.54 Å². The fraction of sp³-hybridized carbons (Fsp3) is 0.300. The molecule has 0 radical (unpaired) electrons. The summed E-state index contributed by atoms with van der Waals surface area (Å²) in [5.41, 5.74) is 2.70. The fourth-order valence-electron chi connectivity index (χ4n) is 2.69. The highest BCUT2D eigenvalue weighted by Crippen LogP contribution is 2.18. The summed E-state index contributed by atoms with van der Waals surface area (Å²) in [4.78, 5) is 22.9. The predicted octanol–water partition coefficient (Wildman–Crippen LogP) is 4.01. The first-order valence-corrected chi connectivity index (χ1v) is 9.10. The summed E-state index contributed by atoms with van der Waals surface area (Å²) in [7, 11) is 0. The molecule has 2 aromatic heterocycles. The van der Waals surface area contributed by atoms with Crippen LogP contribution in [0, 0.1) is 6.92 Å². The molecule has 0 aliphatic heterocycles. The highest BCUT2D eigenvalue weighted by molar-refractivity contribution is 5.89. The van der Waals surface area contributed by atoms with Gasteiger partial charge in [-0.25, -0.2) is 9.78 Å². The second-order valence-corrected chi connectivity index (χ2v) is 6.38. The maximum absolute atomic E-state index is 12.8. The van der Waals surface area contributed by atoms with Gasteiger partial charge in [-0.15, -0.1) is 0 Å². The van der Waals surface area contributed by atoms with E-state index in [9.17, 15) is 4.79 Å². The predicted molar refractivity (Wildman–Crippen MR) is 105 cm³/mol. The van der Waals surface area contributed by atoms with Crippen molar-refractivity contribution >= 4 is 11.7 Å². The molecule has 0 atom stereocenters. The Kier molecular flexibility index (Phi) is 6.14. The van der Waals surface area contributed by atoms with Gasteiger partial charge < -0.3 is 10.2 Å². The molecule has 0 spiro atoms. The SMILES string of the molecule is CCCCN(Cc1ccncc1)C(=O)Nc1ccc(-c2n[nH]c(C)n2)cc1. The van der Waals surface area contributed by atoms with Crippen molar-refractivity contribution in [3.05, 3.63) is 60.2 Å². The molecule has 0 bridgehead atoms. The van der Waals surface area contributed by atoms with Crippen LogP contribution >= 0.6 is 0 Å². The van der Waals surface area contributed by atoms with Crippen molar-refractivity contribution < 1.29 is 4.79 Å². The van der Waals surface area contributed by atoms with Gasteiger partial charge >= 0.3 is 6.03 Å². The van der Waals surface area contributed by atoms with Gasteiger partial charge in [-0.2, -0.15) is 5.10 Å². The molecule has 0 unspecified atom stereocenters. The minimum Gasteiger partial charge on any atom is -0.320 e. The van der Waals surface area contributed by atoms with E-state index < -0.39 is 0 Å². The van der Waals surface area contributed by atoms with Gasteiger partial charge in [0.2, 0.25) is 0 Å². The summed E-state index contributed by atoms with van der Waals surface area (Å²) in [5, 5.41) is 9.96. The lowest BCUT2D eigenvalue weighted by atomic mass is 10.2. The molecule has 27 heavy (non-hydrogen) atoms.